The van der Waals surface area contributed by atoms with Crippen LogP contribution < -0.4 is 10.1 Å². The predicted octanol–water partition coefficient (Wildman–Crippen LogP) is 4.87. The van der Waals surface area contributed by atoms with Crippen molar-refractivity contribution in [2.24, 2.45) is 0 Å². The summed E-state index contributed by atoms with van der Waals surface area (Å²) in [5.74, 6) is 0.394. The van der Waals surface area contributed by atoms with E-state index in [-0.39, 0.29) is 23.9 Å². The quantitative estimate of drug-likeness (QED) is 0.234. The van der Waals surface area contributed by atoms with E-state index in [0.29, 0.717) is 53.4 Å². The molecular weight excluding hydrogens is 611 g/mol. The highest BCUT2D eigenvalue weighted by molar-refractivity contribution is 14.1. The lowest BCUT2D eigenvalue weighted by Gasteiger charge is -2.29. The number of likely N-dealkylation sites (tertiary alicyclic amines) is 2. The Morgan fingerprint density at radius 1 is 1.15 bits per heavy atom. The van der Waals surface area contributed by atoms with Crippen LogP contribution in [0.4, 0.5) is 10.7 Å². The van der Waals surface area contributed by atoms with Gasteiger partial charge in [-0.25, -0.2) is 9.78 Å². The van der Waals surface area contributed by atoms with Crippen LogP contribution in [0.5, 0.6) is 5.75 Å². The third kappa shape index (κ3) is 5.77. The number of hydrogen-bond acceptors (Lipinski definition) is 6. The number of fused-ring (bicyclic) bond motifs is 1. The minimum absolute atomic E-state index is 0.113. The molecule has 1 atom stereocenters. The number of aryl methyl sites for hydroxylation is 1. The minimum atomic E-state index is -0.372. The van der Waals surface area contributed by atoms with Crippen molar-refractivity contribution in [1.82, 2.24) is 24.3 Å². The number of carbonyl (C=O) groups is 3. The normalized spacial score (nSPS) is 17.3. The minimum Gasteiger partial charge on any atom is -0.410 e. The van der Waals surface area contributed by atoms with Crippen LogP contribution in [0.2, 0.25) is 0 Å². The van der Waals surface area contributed by atoms with Crippen molar-refractivity contribution >= 4 is 57.5 Å². The zero-order chi connectivity index (χ0) is 27.5. The highest BCUT2D eigenvalue weighted by Crippen LogP contribution is 2.35. The van der Waals surface area contributed by atoms with Gasteiger partial charge in [-0.3, -0.25) is 19.9 Å². The van der Waals surface area contributed by atoms with E-state index in [2.05, 4.69) is 39.5 Å². The Balaban J connectivity index is 1.59. The maximum absolute atomic E-state index is 13.3. The number of hydrogen-bond donors (Lipinski definition) is 1. The van der Waals surface area contributed by atoms with Crippen LogP contribution in [0.3, 0.4) is 0 Å². The molecule has 2 aliphatic heterocycles. The van der Waals surface area contributed by atoms with Crippen LogP contribution in [-0.4, -0.2) is 68.4 Å². The second-order valence-corrected chi connectivity index (χ2v) is 10.6. The molecule has 204 valence electrons. The first kappa shape index (κ1) is 27.1. The van der Waals surface area contributed by atoms with Crippen LogP contribution in [0.15, 0.2) is 43.1 Å². The third-order valence-electron chi connectivity index (χ3n) is 7.18. The number of rotatable bonds is 6. The van der Waals surface area contributed by atoms with E-state index >= 15 is 0 Å². The molecule has 2 aliphatic rings. The Kier molecular flexibility index (Phi) is 8.15. The fraction of sp³-hybridized carbons (Fsp3) is 0.393. The summed E-state index contributed by atoms with van der Waals surface area (Å²) in [5.41, 5.74) is 3.61. The lowest BCUT2D eigenvalue weighted by molar-refractivity contribution is -0.126. The van der Waals surface area contributed by atoms with Crippen molar-refractivity contribution in [2.45, 2.75) is 43.1 Å². The van der Waals surface area contributed by atoms with Gasteiger partial charge in [-0.15, -0.1) is 0 Å². The van der Waals surface area contributed by atoms with Crippen molar-refractivity contribution in [2.75, 3.05) is 31.5 Å². The molecule has 1 N–H and O–H groups in total. The van der Waals surface area contributed by atoms with Gasteiger partial charge in [0.2, 0.25) is 11.9 Å². The number of ether oxygens (including phenoxy) is 1. The zero-order valence-corrected chi connectivity index (χ0v) is 24.0. The summed E-state index contributed by atoms with van der Waals surface area (Å²) in [4.78, 5) is 50.9. The van der Waals surface area contributed by atoms with Crippen LogP contribution in [0.1, 0.15) is 53.3 Å². The summed E-state index contributed by atoms with van der Waals surface area (Å²) in [6.45, 7) is 8.02. The summed E-state index contributed by atoms with van der Waals surface area (Å²) < 4.78 is 8.37. The summed E-state index contributed by atoms with van der Waals surface area (Å²) in [7, 11) is 0. The van der Waals surface area contributed by atoms with E-state index in [1.165, 1.54) is 6.08 Å². The number of benzene rings is 1. The highest BCUT2D eigenvalue weighted by atomic mass is 127. The van der Waals surface area contributed by atoms with Crippen molar-refractivity contribution in [3.8, 4) is 5.75 Å². The molecule has 5 rings (SSSR count). The Morgan fingerprint density at radius 2 is 1.95 bits per heavy atom. The molecule has 2 fully saturated rings. The van der Waals surface area contributed by atoms with E-state index in [0.717, 1.165) is 42.5 Å². The summed E-state index contributed by atoms with van der Waals surface area (Å²) >= 11 is 2.28. The zero-order valence-electron chi connectivity index (χ0n) is 21.9. The van der Waals surface area contributed by atoms with Crippen molar-refractivity contribution in [3.05, 3.63) is 59.9 Å². The second kappa shape index (κ2) is 11.7. The van der Waals surface area contributed by atoms with E-state index in [4.69, 9.17) is 9.72 Å². The summed E-state index contributed by atoms with van der Waals surface area (Å²) in [6.07, 6.45) is 6.18. The molecule has 3 aromatic rings. The summed E-state index contributed by atoms with van der Waals surface area (Å²) in [6, 6.07) is 6.88. The molecule has 0 unspecified atom stereocenters. The largest absolute Gasteiger partial charge is 0.415 e. The average molecular weight is 642 g/mol. The number of nitrogens with zero attached hydrogens (tertiary/aromatic N) is 5. The number of nitrogens with one attached hydrogen (secondary N) is 1. The smallest absolute Gasteiger partial charge is 0.410 e. The van der Waals surface area contributed by atoms with Gasteiger partial charge in [0, 0.05) is 54.1 Å². The molecule has 0 spiro atoms. The van der Waals surface area contributed by atoms with Gasteiger partial charge in [-0.05, 0) is 62.4 Å². The third-order valence-corrected chi connectivity index (χ3v) is 8.01. The number of amides is 3. The molecule has 0 aliphatic carbocycles. The molecular formula is C28H31IN6O4. The highest BCUT2D eigenvalue weighted by Gasteiger charge is 2.29. The number of imidazole rings is 1. The lowest BCUT2D eigenvalue weighted by atomic mass is 10.1. The van der Waals surface area contributed by atoms with Crippen molar-refractivity contribution in [1.29, 1.82) is 0 Å². The maximum Gasteiger partial charge on any atom is 0.415 e. The first-order valence-corrected chi connectivity index (χ1v) is 14.6. The van der Waals surface area contributed by atoms with Gasteiger partial charge in [0.05, 0.1) is 17.1 Å². The molecule has 0 radical (unpaired) electrons. The molecule has 2 aromatic heterocycles. The number of carbonyl (C=O) groups excluding carboxylic acids is 3. The Bertz CT molecular complexity index is 1430. The number of pyridine rings is 1. The van der Waals surface area contributed by atoms with E-state index in [9.17, 15) is 14.4 Å². The number of anilines is 1. The van der Waals surface area contributed by atoms with Gasteiger partial charge >= 0.3 is 6.09 Å². The van der Waals surface area contributed by atoms with E-state index in [1.807, 2.05) is 17.6 Å². The summed E-state index contributed by atoms with van der Waals surface area (Å²) in [5, 5.41) is 3.01. The molecule has 3 amide bonds. The number of aromatic nitrogens is 3. The number of alkyl halides is 1. The molecule has 0 saturated carbocycles. The van der Waals surface area contributed by atoms with Crippen molar-refractivity contribution < 1.29 is 19.1 Å². The van der Waals surface area contributed by atoms with Gasteiger partial charge in [0.25, 0.3) is 5.91 Å². The Hall–Kier alpha value is -3.48. The fourth-order valence-electron chi connectivity index (χ4n) is 5.08. The Labute approximate surface area is 240 Å². The molecule has 0 bridgehead atoms. The standard InChI is InChI=1S/C28H31IN6O4/c1-3-24(36)34-10-5-4-7-21(17-34)35-25-20(16-29)14-22(39-28(38)33-11-6-12-33)15-23(25)31-27(35)32-26(37)19-8-9-30-18(2)13-19/h3,8-9,13-15,21H,1,4-7,10-12,16-17H2,2H3,(H,31,32,37)/t21-/m1/s1. The SMILES string of the molecule is C=CC(=O)N1CCCC[C@@H](n2c(NC(=O)c3ccnc(C)c3)nc3cc(OC(=O)N4CCC4)cc(CI)c32)C1. The molecule has 1 aromatic carbocycles. The van der Waals surface area contributed by atoms with Crippen LogP contribution in [0.25, 0.3) is 11.0 Å². The van der Waals surface area contributed by atoms with E-state index < -0.39 is 0 Å². The van der Waals surface area contributed by atoms with Gasteiger partial charge < -0.3 is 19.1 Å². The van der Waals surface area contributed by atoms with Gasteiger partial charge in [-0.2, -0.15) is 0 Å². The Morgan fingerprint density at radius 3 is 2.64 bits per heavy atom. The lowest BCUT2D eigenvalue weighted by Crippen LogP contribution is -2.43. The molecule has 39 heavy (non-hydrogen) atoms. The van der Waals surface area contributed by atoms with Crippen LogP contribution >= 0.6 is 22.6 Å². The molecule has 4 heterocycles. The maximum atomic E-state index is 13.3. The van der Waals surface area contributed by atoms with Gasteiger partial charge in [0.15, 0.2) is 0 Å². The topological polar surface area (TPSA) is 110 Å². The molecule has 10 nitrogen and oxygen atoms in total. The monoisotopic (exact) mass is 642 g/mol. The second-order valence-electron chi connectivity index (χ2n) is 9.88. The first-order valence-electron chi connectivity index (χ1n) is 13.1. The van der Waals surface area contributed by atoms with Crippen molar-refractivity contribution in [3.63, 3.8) is 0 Å². The number of halogens is 1. The molecule has 2 saturated heterocycles. The first-order chi connectivity index (χ1) is 18.9. The van der Waals surface area contributed by atoms with Gasteiger partial charge in [0.1, 0.15) is 5.75 Å². The predicted molar refractivity (Wildman–Crippen MR) is 156 cm³/mol. The average Bonchev–Trinajstić information content (AvgIpc) is 3.06. The van der Waals surface area contributed by atoms with Gasteiger partial charge in [-0.1, -0.05) is 29.2 Å². The van der Waals surface area contributed by atoms with Crippen LogP contribution in [-0.2, 0) is 9.22 Å². The fourth-order valence-corrected chi connectivity index (χ4v) is 5.66. The molecule has 11 heteroatoms. The van der Waals surface area contributed by atoms with E-state index in [1.54, 1.807) is 34.2 Å². The van der Waals surface area contributed by atoms with Crippen LogP contribution in [0, 0.1) is 6.92 Å².